The molecule has 7 heteroatoms. The molecule has 1 rings (SSSR count). The number of amides is 1. The Hall–Kier alpha value is -0.790. The molecular formula is C12H21NO5S. The lowest BCUT2D eigenvalue weighted by Gasteiger charge is -2.22. The number of carbonyl (C=O) groups excluding carboxylic acids is 1. The lowest BCUT2D eigenvalue weighted by Crippen LogP contribution is -2.41. The summed E-state index contributed by atoms with van der Waals surface area (Å²) in [5, 5.41) is 11.3. The fourth-order valence-corrected chi connectivity index (χ4v) is 2.54. The van der Waals surface area contributed by atoms with E-state index >= 15 is 0 Å². The van der Waals surface area contributed by atoms with Crippen LogP contribution in [0.25, 0.3) is 0 Å². The lowest BCUT2D eigenvalue weighted by atomic mass is 10.2. The van der Waals surface area contributed by atoms with Gasteiger partial charge in [0.25, 0.3) is 0 Å². The quantitative estimate of drug-likeness (QED) is 0.645. The van der Waals surface area contributed by atoms with Gasteiger partial charge in [-0.25, -0.2) is 4.79 Å². The number of hydrogen-bond donors (Lipinski definition) is 2. The van der Waals surface area contributed by atoms with Crippen molar-refractivity contribution in [3.8, 4) is 0 Å². The van der Waals surface area contributed by atoms with Gasteiger partial charge in [-0.2, -0.15) is 11.8 Å². The molecule has 1 amide bonds. The highest BCUT2D eigenvalue weighted by molar-refractivity contribution is 7.99. The predicted molar refractivity (Wildman–Crippen MR) is 72.1 cm³/mol. The van der Waals surface area contributed by atoms with E-state index < -0.39 is 12.0 Å². The second-order valence-corrected chi connectivity index (χ2v) is 5.48. The van der Waals surface area contributed by atoms with Crippen LogP contribution in [0.15, 0.2) is 0 Å². The van der Waals surface area contributed by atoms with Crippen LogP contribution in [0.5, 0.6) is 0 Å². The first-order chi connectivity index (χ1) is 9.09. The number of carboxylic acids is 1. The molecule has 1 aliphatic rings. The van der Waals surface area contributed by atoms with E-state index in [1.165, 1.54) is 18.7 Å². The lowest BCUT2D eigenvalue weighted by molar-refractivity contribution is -0.158. The highest BCUT2D eigenvalue weighted by Crippen LogP contribution is 2.14. The Kier molecular flexibility index (Phi) is 7.85. The van der Waals surface area contributed by atoms with Crippen molar-refractivity contribution in [2.45, 2.75) is 38.5 Å². The largest absolute Gasteiger partial charge is 0.480 e. The van der Waals surface area contributed by atoms with Gasteiger partial charge in [-0.15, -0.1) is 0 Å². The topological polar surface area (TPSA) is 84.9 Å². The van der Waals surface area contributed by atoms with Crippen molar-refractivity contribution in [3.05, 3.63) is 0 Å². The van der Waals surface area contributed by atoms with E-state index in [1.807, 2.05) is 0 Å². The fourth-order valence-electron chi connectivity index (χ4n) is 1.70. The third kappa shape index (κ3) is 7.39. The first kappa shape index (κ1) is 16.3. The number of ether oxygens (including phenoxy) is 2. The minimum absolute atomic E-state index is 0.111. The smallest absolute Gasteiger partial charge is 0.327 e. The number of carbonyl (C=O) groups is 2. The summed E-state index contributed by atoms with van der Waals surface area (Å²) in [4.78, 5) is 21.7. The summed E-state index contributed by atoms with van der Waals surface area (Å²) in [6.45, 7) is 2.59. The summed E-state index contributed by atoms with van der Waals surface area (Å²) in [5.74, 6) is -0.327. The summed E-state index contributed by atoms with van der Waals surface area (Å²) >= 11 is 1.44. The second kappa shape index (κ2) is 9.17. The van der Waals surface area contributed by atoms with E-state index in [-0.39, 0.29) is 12.2 Å². The van der Waals surface area contributed by atoms with Crippen molar-refractivity contribution < 1.29 is 24.2 Å². The molecule has 110 valence electrons. The van der Waals surface area contributed by atoms with Crippen molar-refractivity contribution in [2.24, 2.45) is 0 Å². The van der Waals surface area contributed by atoms with Crippen molar-refractivity contribution in [1.82, 2.24) is 5.32 Å². The van der Waals surface area contributed by atoms with Crippen molar-refractivity contribution >= 4 is 23.6 Å². The van der Waals surface area contributed by atoms with Crippen LogP contribution in [-0.2, 0) is 19.1 Å². The second-order valence-electron chi connectivity index (χ2n) is 4.33. The molecule has 0 saturated carbocycles. The predicted octanol–water partition coefficient (Wildman–Crippen LogP) is 0.852. The Bertz CT molecular complexity index is 294. The van der Waals surface area contributed by atoms with E-state index in [2.05, 4.69) is 5.32 Å². The molecule has 1 fully saturated rings. The van der Waals surface area contributed by atoms with Crippen LogP contribution in [0.3, 0.4) is 0 Å². The van der Waals surface area contributed by atoms with Gasteiger partial charge in [0.1, 0.15) is 6.04 Å². The van der Waals surface area contributed by atoms with Gasteiger partial charge >= 0.3 is 5.97 Å². The molecule has 19 heavy (non-hydrogen) atoms. The molecule has 0 radical (unpaired) electrons. The Morgan fingerprint density at radius 3 is 2.89 bits per heavy atom. The Morgan fingerprint density at radius 2 is 2.32 bits per heavy atom. The molecule has 0 aliphatic carbocycles. The Labute approximate surface area is 117 Å². The average Bonchev–Trinajstić information content (AvgIpc) is 2.37. The average molecular weight is 291 g/mol. The van der Waals surface area contributed by atoms with Gasteiger partial charge in [0, 0.05) is 25.0 Å². The minimum atomic E-state index is -1.01. The summed E-state index contributed by atoms with van der Waals surface area (Å²) in [5.41, 5.74) is 0. The van der Waals surface area contributed by atoms with Crippen LogP contribution in [0.4, 0.5) is 0 Å². The zero-order valence-corrected chi connectivity index (χ0v) is 11.9. The van der Waals surface area contributed by atoms with Gasteiger partial charge in [0.2, 0.25) is 5.91 Å². The van der Waals surface area contributed by atoms with Crippen molar-refractivity contribution in [1.29, 1.82) is 0 Å². The van der Waals surface area contributed by atoms with Gasteiger partial charge in [0.05, 0.1) is 6.61 Å². The molecule has 1 unspecified atom stereocenters. The standard InChI is InChI=1S/C12H21NO5S/c1-9(14)13-10(12(15)16)8-19-7-6-18-11-4-2-3-5-17-11/h10-11H,2-8H2,1H3,(H,13,14)(H,15,16)/t10-,11?/m0/s1. The summed E-state index contributed by atoms with van der Waals surface area (Å²) in [6.07, 6.45) is 3.03. The maximum Gasteiger partial charge on any atom is 0.327 e. The number of hydrogen-bond acceptors (Lipinski definition) is 5. The third-order valence-electron chi connectivity index (χ3n) is 2.63. The molecule has 0 aromatic heterocycles. The molecule has 0 bridgehead atoms. The molecule has 1 saturated heterocycles. The minimum Gasteiger partial charge on any atom is -0.480 e. The third-order valence-corrected chi connectivity index (χ3v) is 3.65. The van der Waals surface area contributed by atoms with Gasteiger partial charge in [-0.05, 0) is 19.3 Å². The van der Waals surface area contributed by atoms with Gasteiger partial charge in [-0.3, -0.25) is 4.79 Å². The fraction of sp³-hybridized carbons (Fsp3) is 0.833. The Balaban J connectivity index is 2.07. The molecule has 2 N–H and O–H groups in total. The van der Waals surface area contributed by atoms with E-state index in [1.54, 1.807) is 0 Å². The summed E-state index contributed by atoms with van der Waals surface area (Å²) in [6, 6.07) is -0.839. The number of nitrogens with one attached hydrogen (secondary N) is 1. The van der Waals surface area contributed by atoms with Crippen LogP contribution < -0.4 is 5.32 Å². The zero-order chi connectivity index (χ0) is 14.1. The van der Waals surface area contributed by atoms with Crippen LogP contribution in [0.2, 0.25) is 0 Å². The van der Waals surface area contributed by atoms with Gasteiger partial charge < -0.3 is 19.9 Å². The number of thioether (sulfide) groups is 1. The van der Waals surface area contributed by atoms with Crippen LogP contribution >= 0.6 is 11.8 Å². The number of aliphatic carboxylic acids is 1. The molecule has 0 spiro atoms. The van der Waals surface area contributed by atoms with Gasteiger partial charge in [0.15, 0.2) is 6.29 Å². The summed E-state index contributed by atoms with van der Waals surface area (Å²) in [7, 11) is 0. The van der Waals surface area contributed by atoms with Gasteiger partial charge in [-0.1, -0.05) is 0 Å². The highest BCUT2D eigenvalue weighted by Gasteiger charge is 2.18. The van der Waals surface area contributed by atoms with Crippen LogP contribution in [0, 0.1) is 0 Å². The molecule has 0 aromatic rings. The van der Waals surface area contributed by atoms with Crippen LogP contribution in [-0.4, -0.2) is 54.0 Å². The van der Waals surface area contributed by atoms with Crippen molar-refractivity contribution in [2.75, 3.05) is 24.7 Å². The van der Waals surface area contributed by atoms with Crippen molar-refractivity contribution in [3.63, 3.8) is 0 Å². The normalized spacial score (nSPS) is 20.8. The molecule has 1 aliphatic heterocycles. The highest BCUT2D eigenvalue weighted by atomic mass is 32.2. The number of rotatable bonds is 8. The van der Waals surface area contributed by atoms with E-state index in [0.717, 1.165) is 25.9 Å². The molecule has 6 nitrogen and oxygen atoms in total. The number of carboxylic acid groups (broad SMARTS) is 1. The first-order valence-electron chi connectivity index (χ1n) is 6.40. The van der Waals surface area contributed by atoms with E-state index in [9.17, 15) is 9.59 Å². The molecule has 2 atom stereocenters. The first-order valence-corrected chi connectivity index (χ1v) is 7.56. The maximum atomic E-state index is 10.9. The van der Waals surface area contributed by atoms with Crippen LogP contribution in [0.1, 0.15) is 26.2 Å². The SMILES string of the molecule is CC(=O)N[C@@H](CSCCOC1CCCCO1)C(=O)O. The van der Waals surface area contributed by atoms with E-state index in [0.29, 0.717) is 18.1 Å². The summed E-state index contributed by atoms with van der Waals surface area (Å²) < 4.78 is 10.9. The monoisotopic (exact) mass is 291 g/mol. The molecular weight excluding hydrogens is 270 g/mol. The zero-order valence-electron chi connectivity index (χ0n) is 11.1. The Morgan fingerprint density at radius 1 is 1.53 bits per heavy atom. The maximum absolute atomic E-state index is 10.9. The molecule has 1 heterocycles. The molecule has 0 aromatic carbocycles. The van der Waals surface area contributed by atoms with E-state index in [4.69, 9.17) is 14.6 Å².